The number of thiophene rings is 2. The number of nitrogens with zero attached hydrogens (tertiary/aromatic N) is 2. The van der Waals surface area contributed by atoms with Gasteiger partial charge in [0.25, 0.3) is 0 Å². The van der Waals surface area contributed by atoms with Crippen LogP contribution in [0.2, 0.25) is 0 Å². The van der Waals surface area contributed by atoms with Crippen LogP contribution < -0.4 is 5.32 Å². The van der Waals surface area contributed by atoms with Crippen molar-refractivity contribution in [2.75, 3.05) is 5.32 Å². The van der Waals surface area contributed by atoms with E-state index in [0.717, 1.165) is 36.3 Å². The lowest BCUT2D eigenvalue weighted by atomic mass is 10.1. The van der Waals surface area contributed by atoms with Crippen molar-refractivity contribution in [3.8, 4) is 17.9 Å². The SMILES string of the molecule is N#Cc1snc(C#Cc2cc3sc(C4(C(=O)O)CC4)cc3s2)c1NC(=O)OCc1ccccc1. The highest BCUT2D eigenvalue weighted by molar-refractivity contribution is 7.28. The molecule has 1 saturated carbocycles. The van der Waals surface area contributed by atoms with E-state index in [1.807, 2.05) is 48.5 Å². The summed E-state index contributed by atoms with van der Waals surface area (Å²) in [7, 11) is 0. The molecule has 0 spiro atoms. The molecule has 1 amide bonds. The zero-order valence-electron chi connectivity index (χ0n) is 17.5. The van der Waals surface area contributed by atoms with Crippen LogP contribution in [-0.2, 0) is 21.6 Å². The van der Waals surface area contributed by atoms with E-state index in [4.69, 9.17) is 4.74 Å². The van der Waals surface area contributed by atoms with Crippen molar-refractivity contribution in [3.63, 3.8) is 0 Å². The highest BCUT2D eigenvalue weighted by atomic mass is 32.1. The zero-order chi connectivity index (χ0) is 23.7. The molecule has 1 aromatic carbocycles. The fourth-order valence-corrected chi connectivity index (χ4v) is 6.46. The molecule has 0 aliphatic heterocycles. The zero-order valence-corrected chi connectivity index (χ0v) is 19.9. The number of hydrogen-bond donors (Lipinski definition) is 2. The van der Waals surface area contributed by atoms with Gasteiger partial charge in [0.2, 0.25) is 0 Å². The third kappa shape index (κ3) is 4.27. The summed E-state index contributed by atoms with van der Waals surface area (Å²) >= 11 is 3.92. The molecule has 4 aromatic rings. The molecule has 1 fully saturated rings. The van der Waals surface area contributed by atoms with Gasteiger partial charge in [0.15, 0.2) is 5.69 Å². The second-order valence-electron chi connectivity index (χ2n) is 7.62. The van der Waals surface area contributed by atoms with Gasteiger partial charge in [-0.25, -0.2) is 4.79 Å². The number of carboxylic acid groups (broad SMARTS) is 1. The Labute approximate surface area is 206 Å². The number of aliphatic carboxylic acids is 1. The van der Waals surface area contributed by atoms with Gasteiger partial charge in [-0.2, -0.15) is 9.64 Å². The quantitative estimate of drug-likeness (QED) is 0.344. The first-order chi connectivity index (χ1) is 16.5. The number of hydrogen-bond acceptors (Lipinski definition) is 8. The van der Waals surface area contributed by atoms with E-state index in [0.29, 0.717) is 18.5 Å². The van der Waals surface area contributed by atoms with Crippen LogP contribution in [0.5, 0.6) is 0 Å². The first kappa shape index (κ1) is 22.1. The van der Waals surface area contributed by atoms with E-state index in [1.54, 1.807) is 0 Å². The molecule has 0 radical (unpaired) electrons. The molecule has 5 rings (SSSR count). The number of aromatic nitrogens is 1. The summed E-state index contributed by atoms with van der Waals surface area (Å²) in [6, 6.07) is 15.2. The number of amides is 1. The number of nitrogens with one attached hydrogen (secondary N) is 1. The van der Waals surface area contributed by atoms with E-state index in [2.05, 4.69) is 21.5 Å². The Balaban J connectivity index is 1.32. The van der Waals surface area contributed by atoms with Crippen molar-refractivity contribution in [3.05, 3.63) is 68.4 Å². The molecule has 7 nitrogen and oxygen atoms in total. The summed E-state index contributed by atoms with van der Waals surface area (Å²) < 4.78 is 11.4. The summed E-state index contributed by atoms with van der Waals surface area (Å²) in [4.78, 5) is 25.8. The number of nitriles is 1. The van der Waals surface area contributed by atoms with Crippen LogP contribution in [0.3, 0.4) is 0 Å². The lowest BCUT2D eigenvalue weighted by Crippen LogP contribution is -2.17. The van der Waals surface area contributed by atoms with Gasteiger partial charge >= 0.3 is 12.1 Å². The number of carbonyl (C=O) groups excluding carboxylic acids is 1. The van der Waals surface area contributed by atoms with E-state index >= 15 is 0 Å². The fraction of sp³-hybridized carbons (Fsp3) is 0.167. The van der Waals surface area contributed by atoms with E-state index in [-0.39, 0.29) is 17.2 Å². The lowest BCUT2D eigenvalue weighted by molar-refractivity contribution is -0.139. The summed E-state index contributed by atoms with van der Waals surface area (Å²) in [5, 5.41) is 21.5. The van der Waals surface area contributed by atoms with E-state index in [1.165, 1.54) is 22.7 Å². The molecule has 3 aromatic heterocycles. The van der Waals surface area contributed by atoms with Crippen LogP contribution in [0, 0.1) is 23.2 Å². The van der Waals surface area contributed by atoms with Crippen molar-refractivity contribution in [1.29, 1.82) is 5.26 Å². The van der Waals surface area contributed by atoms with Crippen LogP contribution in [-0.4, -0.2) is 21.5 Å². The Morgan fingerprint density at radius 1 is 1.15 bits per heavy atom. The highest BCUT2D eigenvalue weighted by Crippen LogP contribution is 2.52. The Morgan fingerprint density at radius 3 is 2.59 bits per heavy atom. The smallest absolute Gasteiger partial charge is 0.412 e. The molecule has 0 saturated heterocycles. The summed E-state index contributed by atoms with van der Waals surface area (Å²) in [5.74, 6) is 5.22. The second-order valence-corrected chi connectivity index (χ2v) is 10.6. The predicted octanol–water partition coefficient (Wildman–Crippen LogP) is 5.56. The molecule has 34 heavy (non-hydrogen) atoms. The van der Waals surface area contributed by atoms with Gasteiger partial charge in [0.05, 0.1) is 4.88 Å². The normalized spacial score (nSPS) is 13.5. The van der Waals surface area contributed by atoms with Gasteiger partial charge in [0, 0.05) is 14.3 Å². The van der Waals surface area contributed by atoms with Crippen LogP contribution in [0.1, 0.15) is 38.7 Å². The summed E-state index contributed by atoms with van der Waals surface area (Å²) in [6.07, 6.45) is 0.662. The molecule has 2 N–H and O–H groups in total. The van der Waals surface area contributed by atoms with E-state index < -0.39 is 17.5 Å². The van der Waals surface area contributed by atoms with Gasteiger partial charge in [-0.1, -0.05) is 30.3 Å². The summed E-state index contributed by atoms with van der Waals surface area (Å²) in [5.41, 5.74) is 0.659. The van der Waals surface area contributed by atoms with Gasteiger partial charge in [-0.3, -0.25) is 10.1 Å². The Bertz CT molecular complexity index is 1480. The third-order valence-corrected chi connectivity index (χ3v) is 8.54. The molecular weight excluding hydrogens is 490 g/mol. The standard InChI is InChI=1S/C24H15N3O4S3/c25-12-19-21(26-23(30)31-13-14-4-2-1-3-5-14)16(27-34-19)7-6-15-10-17-18(32-15)11-20(33-17)24(8-9-24)22(28)29/h1-5,10-11H,8-9,13H2,(H,26,30)(H,28,29). The predicted molar refractivity (Wildman–Crippen MR) is 131 cm³/mol. The fourth-order valence-electron chi connectivity index (χ4n) is 3.37. The highest BCUT2D eigenvalue weighted by Gasteiger charge is 2.53. The van der Waals surface area contributed by atoms with Crippen molar-refractivity contribution in [1.82, 2.24) is 4.37 Å². The Hall–Kier alpha value is -3.70. The minimum absolute atomic E-state index is 0.101. The monoisotopic (exact) mass is 505 g/mol. The second kappa shape index (κ2) is 8.92. The minimum atomic E-state index is -0.763. The van der Waals surface area contributed by atoms with Crippen molar-refractivity contribution in [2.24, 2.45) is 0 Å². The van der Waals surface area contributed by atoms with Crippen molar-refractivity contribution in [2.45, 2.75) is 24.9 Å². The lowest BCUT2D eigenvalue weighted by Gasteiger charge is -2.06. The van der Waals surface area contributed by atoms with Gasteiger partial charge in [-0.15, -0.1) is 22.7 Å². The van der Waals surface area contributed by atoms with E-state index in [9.17, 15) is 20.0 Å². The molecule has 10 heteroatoms. The number of anilines is 1. The maximum Gasteiger partial charge on any atom is 0.412 e. The van der Waals surface area contributed by atoms with Crippen LogP contribution in [0.4, 0.5) is 10.5 Å². The van der Waals surface area contributed by atoms with Gasteiger partial charge in [0.1, 0.15) is 28.7 Å². The number of rotatable bonds is 5. The van der Waals surface area contributed by atoms with Crippen molar-refractivity contribution < 1.29 is 19.4 Å². The largest absolute Gasteiger partial charge is 0.481 e. The topological polar surface area (TPSA) is 112 Å². The van der Waals surface area contributed by atoms with Gasteiger partial charge in [-0.05, 0) is 53.9 Å². The third-order valence-electron chi connectivity index (χ3n) is 5.38. The number of fused-ring (bicyclic) bond motifs is 1. The number of ether oxygens (including phenoxy) is 1. The molecule has 1 aliphatic rings. The van der Waals surface area contributed by atoms with Crippen LogP contribution >= 0.6 is 34.2 Å². The Morgan fingerprint density at radius 2 is 1.91 bits per heavy atom. The molecule has 1 aliphatic carbocycles. The maximum absolute atomic E-state index is 12.3. The molecule has 0 atom stereocenters. The van der Waals surface area contributed by atoms with Crippen LogP contribution in [0.15, 0.2) is 42.5 Å². The van der Waals surface area contributed by atoms with Gasteiger partial charge < -0.3 is 9.84 Å². The number of carbonyl (C=O) groups is 2. The molecular formula is C24H15N3O4S3. The first-order valence-corrected chi connectivity index (χ1v) is 12.6. The molecule has 3 heterocycles. The minimum Gasteiger partial charge on any atom is -0.481 e. The molecule has 0 unspecified atom stereocenters. The first-order valence-electron chi connectivity index (χ1n) is 10.2. The Kier molecular flexibility index (Phi) is 5.80. The maximum atomic E-state index is 12.3. The average molecular weight is 506 g/mol. The van der Waals surface area contributed by atoms with Crippen molar-refractivity contribution >= 4 is 61.4 Å². The molecule has 168 valence electrons. The van der Waals surface area contributed by atoms with Crippen LogP contribution in [0.25, 0.3) is 9.40 Å². The number of carboxylic acids is 1. The number of benzene rings is 1. The molecule has 0 bridgehead atoms. The summed E-state index contributed by atoms with van der Waals surface area (Å²) in [6.45, 7) is 0.101. The average Bonchev–Trinajstić information content (AvgIpc) is 3.23.